The molecule has 1 unspecified atom stereocenters. The minimum Gasteiger partial charge on any atom is -0.480 e. The van der Waals surface area contributed by atoms with Gasteiger partial charge in [-0.15, -0.1) is 0 Å². The van der Waals surface area contributed by atoms with E-state index in [-0.39, 0.29) is 31.5 Å². The molecule has 0 aliphatic heterocycles. The van der Waals surface area contributed by atoms with Gasteiger partial charge in [0.05, 0.1) is 13.2 Å². The maximum Gasteiger partial charge on any atom is 0.472 e. The molecule has 0 fully saturated rings. The highest BCUT2D eigenvalue weighted by Crippen LogP contribution is 2.43. The summed E-state index contributed by atoms with van der Waals surface area (Å²) in [6.07, 6.45) is 46.3. The summed E-state index contributed by atoms with van der Waals surface area (Å²) >= 11 is 0. The number of ether oxygens (including phenoxy) is 2. The van der Waals surface area contributed by atoms with Gasteiger partial charge in [-0.3, -0.25) is 28.2 Å². The Morgan fingerprint density at radius 1 is 0.576 bits per heavy atom. The summed E-state index contributed by atoms with van der Waals surface area (Å²) in [7, 11) is -4.80. The summed E-state index contributed by atoms with van der Waals surface area (Å²) in [6, 6.07) is -1.57. The summed E-state index contributed by atoms with van der Waals surface area (Å²) in [5.41, 5.74) is 5.31. The lowest BCUT2D eigenvalue weighted by atomic mass is 10.1. The van der Waals surface area contributed by atoms with E-state index in [2.05, 4.69) is 79.1 Å². The number of carboxylic acids is 1. The van der Waals surface area contributed by atoms with Crippen molar-refractivity contribution in [1.82, 2.24) is 0 Å². The van der Waals surface area contributed by atoms with Gasteiger partial charge >= 0.3 is 25.7 Å². The maximum atomic E-state index is 12.6. The number of rotatable bonds is 38. The van der Waals surface area contributed by atoms with Gasteiger partial charge in [-0.05, 0) is 83.1 Å². The average Bonchev–Trinajstić information content (AvgIpc) is 3.20. The maximum absolute atomic E-state index is 12.6. The zero-order chi connectivity index (χ0) is 43.7. The minimum atomic E-state index is -4.80. The Balaban J connectivity index is 4.70. The standard InChI is InChI=1S/C46H72NO11P/c1-3-5-7-9-11-13-15-17-18-19-20-22-24-26-28-30-32-36-44(49)55-38-42(39-56-59(53,54)57-40-43(47)46(51)52)58-45(50)37-33-35-41(48)34-31-29-27-25-23-21-16-14-12-10-8-6-4-2/h11-14,17-18,20-23,26-29,31,34,42-43H,3-10,15-16,19,24-25,30,32-33,35-40,47H2,1-2H3,(H,51,52)(H,53,54)/b13-11-,14-12-,18-17-,22-20-,23-21-,28-26-,29-27-,34-31+/t42-,43+/m1/s1. The van der Waals surface area contributed by atoms with Crippen LogP contribution >= 0.6 is 7.82 Å². The molecule has 0 saturated carbocycles. The highest BCUT2D eigenvalue weighted by Gasteiger charge is 2.28. The molecule has 0 aliphatic rings. The topological polar surface area (TPSA) is 189 Å². The van der Waals surface area contributed by atoms with Crippen molar-refractivity contribution in [2.24, 2.45) is 5.73 Å². The van der Waals surface area contributed by atoms with Crippen molar-refractivity contribution in [1.29, 1.82) is 0 Å². The number of carbonyl (C=O) groups excluding carboxylic acids is 3. The quantitative estimate of drug-likeness (QED) is 0.0133. The molecule has 4 N–H and O–H groups in total. The molecule has 0 aromatic carbocycles. The van der Waals surface area contributed by atoms with E-state index >= 15 is 0 Å². The zero-order valence-corrected chi connectivity index (χ0v) is 36.4. The van der Waals surface area contributed by atoms with Crippen LogP contribution in [-0.4, -0.2) is 65.7 Å². The Hall–Kier alpha value is -3.93. The predicted octanol–water partition coefficient (Wildman–Crippen LogP) is 10.5. The summed E-state index contributed by atoms with van der Waals surface area (Å²) in [5.74, 6) is -2.93. The molecular weight excluding hydrogens is 773 g/mol. The third-order valence-electron chi connectivity index (χ3n) is 8.28. The first kappa shape index (κ1) is 55.1. The molecule has 0 aromatic heterocycles. The van der Waals surface area contributed by atoms with E-state index in [0.29, 0.717) is 12.8 Å². The molecule has 0 spiro atoms. The molecule has 0 aromatic rings. The number of allylic oxidation sites excluding steroid dienone is 16. The Labute approximate surface area is 353 Å². The van der Waals surface area contributed by atoms with E-state index in [4.69, 9.17) is 24.8 Å². The van der Waals surface area contributed by atoms with E-state index in [1.165, 1.54) is 44.6 Å². The molecule has 0 heterocycles. The Morgan fingerprint density at radius 2 is 1.05 bits per heavy atom. The normalized spacial score (nSPS) is 14.6. The summed E-state index contributed by atoms with van der Waals surface area (Å²) in [5, 5.41) is 8.88. The van der Waals surface area contributed by atoms with E-state index in [1.807, 2.05) is 18.2 Å². The van der Waals surface area contributed by atoms with Gasteiger partial charge in [-0.25, -0.2) is 4.57 Å². The molecule has 0 radical (unpaired) electrons. The van der Waals surface area contributed by atoms with Crippen LogP contribution in [0.3, 0.4) is 0 Å². The molecule has 0 rings (SSSR count). The minimum absolute atomic E-state index is 0.0864. The largest absolute Gasteiger partial charge is 0.480 e. The number of ketones is 1. The van der Waals surface area contributed by atoms with Gasteiger partial charge in [-0.1, -0.05) is 131 Å². The average molecular weight is 846 g/mol. The summed E-state index contributed by atoms with van der Waals surface area (Å²) < 4.78 is 32.4. The van der Waals surface area contributed by atoms with Crippen LogP contribution in [0.5, 0.6) is 0 Å². The molecule has 12 nitrogen and oxygen atoms in total. The second-order valence-corrected chi connectivity index (χ2v) is 15.3. The van der Waals surface area contributed by atoms with Gasteiger partial charge in [0.15, 0.2) is 11.9 Å². The van der Waals surface area contributed by atoms with Crippen molar-refractivity contribution in [3.05, 3.63) is 97.2 Å². The Kier molecular flexibility index (Phi) is 36.9. The summed E-state index contributed by atoms with van der Waals surface area (Å²) in [6.45, 7) is 2.42. The number of esters is 2. The molecule has 0 amide bonds. The van der Waals surface area contributed by atoms with Gasteiger partial charge in [0, 0.05) is 19.3 Å². The van der Waals surface area contributed by atoms with Gasteiger partial charge in [0.1, 0.15) is 12.6 Å². The van der Waals surface area contributed by atoms with Crippen molar-refractivity contribution < 1.29 is 52.3 Å². The zero-order valence-electron chi connectivity index (χ0n) is 35.5. The molecule has 0 saturated heterocycles. The fourth-order valence-corrected chi connectivity index (χ4v) is 5.67. The molecule has 13 heteroatoms. The first-order chi connectivity index (χ1) is 28.5. The van der Waals surface area contributed by atoms with E-state index in [9.17, 15) is 28.6 Å². The van der Waals surface area contributed by atoms with Gasteiger partial charge < -0.3 is 25.2 Å². The molecule has 0 bridgehead atoms. The van der Waals surface area contributed by atoms with Gasteiger partial charge in [-0.2, -0.15) is 0 Å². The third-order valence-corrected chi connectivity index (χ3v) is 9.23. The van der Waals surface area contributed by atoms with Crippen LogP contribution in [-0.2, 0) is 42.3 Å². The van der Waals surface area contributed by atoms with E-state index < -0.39 is 57.7 Å². The third kappa shape index (κ3) is 39.3. The Morgan fingerprint density at radius 3 is 1.58 bits per heavy atom. The lowest BCUT2D eigenvalue weighted by molar-refractivity contribution is -0.161. The van der Waals surface area contributed by atoms with Crippen LogP contribution in [0.1, 0.15) is 136 Å². The van der Waals surface area contributed by atoms with Crippen LogP contribution in [0, 0.1) is 0 Å². The van der Waals surface area contributed by atoms with Crippen LogP contribution in [0.2, 0.25) is 0 Å². The summed E-state index contributed by atoms with van der Waals surface area (Å²) in [4.78, 5) is 58.1. The predicted molar refractivity (Wildman–Crippen MR) is 235 cm³/mol. The van der Waals surface area contributed by atoms with E-state index in [0.717, 1.165) is 44.9 Å². The number of hydrogen-bond donors (Lipinski definition) is 3. The van der Waals surface area contributed by atoms with Crippen LogP contribution in [0.15, 0.2) is 97.2 Å². The second-order valence-electron chi connectivity index (χ2n) is 13.8. The number of hydrogen-bond acceptors (Lipinski definition) is 10. The highest BCUT2D eigenvalue weighted by molar-refractivity contribution is 7.47. The Bertz CT molecular complexity index is 1430. The number of nitrogens with two attached hydrogens (primary N) is 1. The van der Waals surface area contributed by atoms with Crippen LogP contribution < -0.4 is 5.73 Å². The molecule has 3 atom stereocenters. The molecule has 0 aliphatic carbocycles. The molecule has 332 valence electrons. The lowest BCUT2D eigenvalue weighted by Gasteiger charge is -2.20. The number of aliphatic carboxylic acids is 1. The SMILES string of the molecule is CCCCC/C=C\C/C=C\C/C=C\C=C\C(=O)CCCC(=O)O[C@H](COC(=O)CCC/C=C\C/C=C\C/C=C\C/C=C\CCCCC)COP(=O)(O)OC[C@H](N)C(=O)O. The monoisotopic (exact) mass is 845 g/mol. The number of phosphoric acid groups is 1. The number of carboxylic acid groups (broad SMARTS) is 1. The second kappa shape index (κ2) is 39.5. The molecule has 59 heavy (non-hydrogen) atoms. The first-order valence-corrected chi connectivity index (χ1v) is 22.7. The van der Waals surface area contributed by atoms with Crippen LogP contribution in [0.25, 0.3) is 0 Å². The fraction of sp³-hybridized carbons (Fsp3) is 0.565. The lowest BCUT2D eigenvalue weighted by Crippen LogP contribution is -2.34. The first-order valence-electron chi connectivity index (χ1n) is 21.2. The number of unbranched alkanes of at least 4 members (excludes halogenated alkanes) is 7. The van der Waals surface area contributed by atoms with Crippen molar-refractivity contribution in [2.45, 2.75) is 148 Å². The van der Waals surface area contributed by atoms with Gasteiger partial charge in [0.25, 0.3) is 0 Å². The number of carbonyl (C=O) groups is 4. The van der Waals surface area contributed by atoms with Crippen molar-refractivity contribution >= 4 is 31.5 Å². The fourth-order valence-electron chi connectivity index (χ4n) is 4.89. The van der Waals surface area contributed by atoms with E-state index in [1.54, 1.807) is 12.2 Å². The van der Waals surface area contributed by atoms with Crippen LogP contribution in [0.4, 0.5) is 0 Å². The smallest absolute Gasteiger partial charge is 0.472 e. The van der Waals surface area contributed by atoms with Gasteiger partial charge in [0.2, 0.25) is 0 Å². The van der Waals surface area contributed by atoms with Crippen molar-refractivity contribution in [3.63, 3.8) is 0 Å². The molecular formula is C46H72NO11P. The van der Waals surface area contributed by atoms with Crippen molar-refractivity contribution in [3.8, 4) is 0 Å². The number of phosphoric ester groups is 1. The van der Waals surface area contributed by atoms with Crippen molar-refractivity contribution in [2.75, 3.05) is 19.8 Å². The highest BCUT2D eigenvalue weighted by atomic mass is 31.2.